The van der Waals surface area contributed by atoms with E-state index in [0.717, 1.165) is 55.2 Å². The Kier molecular flexibility index (Phi) is 11.0. The monoisotopic (exact) mass is 560 g/mol. The predicted octanol–water partition coefficient (Wildman–Crippen LogP) is 6.59. The Morgan fingerprint density at radius 3 is 1.54 bits per heavy atom. The summed E-state index contributed by atoms with van der Waals surface area (Å²) in [5, 5.41) is 11.7. The van der Waals surface area contributed by atoms with Gasteiger partial charge in [0.2, 0.25) is 0 Å². The molecule has 0 spiro atoms. The largest absolute Gasteiger partial charge is 0.390 e. The minimum absolute atomic E-state index is 0.389. The average molecular weight is 561 g/mol. The second-order valence-corrected chi connectivity index (χ2v) is 11.4. The van der Waals surface area contributed by atoms with Gasteiger partial charge in [0.15, 0.2) is 6.29 Å². The van der Waals surface area contributed by atoms with E-state index in [9.17, 15) is 5.11 Å². The van der Waals surface area contributed by atoms with Crippen LogP contribution in [-0.4, -0.2) is 48.5 Å². The zero-order valence-electron chi connectivity index (χ0n) is 24.1. The lowest BCUT2D eigenvalue weighted by Gasteiger charge is -2.47. The van der Waals surface area contributed by atoms with Crippen LogP contribution in [-0.2, 0) is 43.5 Å². The maximum atomic E-state index is 11.7. The molecular formula is C35H44O6. The molecule has 5 unspecified atom stereocenters. The van der Waals surface area contributed by atoms with E-state index in [0.29, 0.717) is 26.2 Å². The molecular weight excluding hydrogens is 516 g/mol. The molecule has 5 atom stereocenters. The molecule has 2 fully saturated rings. The van der Waals surface area contributed by atoms with Crippen molar-refractivity contribution in [3.05, 3.63) is 108 Å². The quantitative estimate of drug-likeness (QED) is 0.252. The molecule has 0 bridgehead atoms. The SMILES string of the molecule is COC1OC(CC2(O)CCCCCC2)C(OCc2ccccc2)C(OCc2ccccc2)C1OCc1ccccc1. The third kappa shape index (κ3) is 8.48. The molecule has 5 rings (SSSR count). The Hall–Kier alpha value is -2.58. The zero-order valence-corrected chi connectivity index (χ0v) is 24.1. The van der Waals surface area contributed by atoms with Gasteiger partial charge in [-0.15, -0.1) is 0 Å². The topological polar surface area (TPSA) is 66.4 Å². The molecule has 1 aliphatic carbocycles. The van der Waals surface area contributed by atoms with Crippen LogP contribution in [0.1, 0.15) is 61.6 Å². The van der Waals surface area contributed by atoms with Crippen molar-refractivity contribution in [2.75, 3.05) is 7.11 Å². The molecule has 1 saturated heterocycles. The Morgan fingerprint density at radius 2 is 1.07 bits per heavy atom. The lowest BCUT2D eigenvalue weighted by molar-refractivity contribution is -0.323. The molecule has 0 amide bonds. The summed E-state index contributed by atoms with van der Waals surface area (Å²) in [6.07, 6.45) is 3.73. The van der Waals surface area contributed by atoms with Gasteiger partial charge < -0.3 is 28.8 Å². The van der Waals surface area contributed by atoms with E-state index in [-0.39, 0.29) is 0 Å². The highest BCUT2D eigenvalue weighted by atomic mass is 16.7. The molecule has 0 aromatic heterocycles. The first kappa shape index (κ1) is 29.9. The zero-order chi connectivity index (χ0) is 28.3. The summed E-state index contributed by atoms with van der Waals surface area (Å²) in [6, 6.07) is 30.3. The summed E-state index contributed by atoms with van der Waals surface area (Å²) >= 11 is 0. The fraction of sp³-hybridized carbons (Fsp3) is 0.486. The first-order valence-electron chi connectivity index (χ1n) is 15.0. The number of rotatable bonds is 12. The Balaban J connectivity index is 1.44. The van der Waals surface area contributed by atoms with Crippen molar-refractivity contribution in [2.24, 2.45) is 0 Å². The third-order valence-electron chi connectivity index (χ3n) is 8.29. The van der Waals surface area contributed by atoms with Crippen LogP contribution in [0.2, 0.25) is 0 Å². The number of methoxy groups -OCH3 is 1. The molecule has 1 saturated carbocycles. The normalized spacial score (nSPS) is 26.3. The Labute approximate surface area is 244 Å². The van der Waals surface area contributed by atoms with Gasteiger partial charge in [0.05, 0.1) is 31.5 Å². The number of aliphatic hydroxyl groups is 1. The van der Waals surface area contributed by atoms with E-state index in [4.69, 9.17) is 23.7 Å². The molecule has 6 heteroatoms. The average Bonchev–Trinajstić information content (AvgIpc) is 3.24. The van der Waals surface area contributed by atoms with E-state index >= 15 is 0 Å². The Morgan fingerprint density at radius 1 is 0.634 bits per heavy atom. The van der Waals surface area contributed by atoms with Crippen LogP contribution in [0.25, 0.3) is 0 Å². The van der Waals surface area contributed by atoms with Crippen molar-refractivity contribution in [3.8, 4) is 0 Å². The van der Waals surface area contributed by atoms with Crippen molar-refractivity contribution in [2.45, 2.75) is 101 Å². The van der Waals surface area contributed by atoms with Crippen molar-refractivity contribution in [1.82, 2.24) is 0 Å². The number of ether oxygens (including phenoxy) is 5. The molecule has 2 aliphatic rings. The second kappa shape index (κ2) is 15.1. The number of hydrogen-bond donors (Lipinski definition) is 1. The maximum absolute atomic E-state index is 11.7. The van der Waals surface area contributed by atoms with E-state index in [1.165, 1.54) is 0 Å². The van der Waals surface area contributed by atoms with Crippen molar-refractivity contribution in [1.29, 1.82) is 0 Å². The molecule has 1 aliphatic heterocycles. The highest BCUT2D eigenvalue weighted by Gasteiger charge is 2.50. The fourth-order valence-electron chi connectivity index (χ4n) is 6.07. The van der Waals surface area contributed by atoms with E-state index in [2.05, 4.69) is 24.3 Å². The lowest BCUT2D eigenvalue weighted by atomic mass is 9.84. The van der Waals surface area contributed by atoms with Crippen LogP contribution >= 0.6 is 0 Å². The van der Waals surface area contributed by atoms with Crippen LogP contribution in [0.4, 0.5) is 0 Å². The standard InChI is InChI=1S/C35H44O6/c1-37-34-33(40-26-29-19-11-6-12-20-29)32(39-25-28-17-9-5-10-18-28)31(38-24-27-15-7-4-8-16-27)30(41-34)23-35(36)21-13-2-3-14-22-35/h4-12,15-20,30-34,36H,2-3,13-14,21-26H2,1H3. The third-order valence-corrected chi connectivity index (χ3v) is 8.29. The van der Waals surface area contributed by atoms with E-state index in [1.807, 2.05) is 66.7 Å². The minimum Gasteiger partial charge on any atom is -0.390 e. The highest BCUT2D eigenvalue weighted by molar-refractivity contribution is 5.16. The molecule has 220 valence electrons. The van der Waals surface area contributed by atoms with Crippen molar-refractivity contribution >= 4 is 0 Å². The van der Waals surface area contributed by atoms with Crippen LogP contribution in [0.5, 0.6) is 0 Å². The van der Waals surface area contributed by atoms with Crippen LogP contribution in [0.3, 0.4) is 0 Å². The van der Waals surface area contributed by atoms with Gasteiger partial charge in [-0.2, -0.15) is 0 Å². The first-order valence-corrected chi connectivity index (χ1v) is 15.0. The highest BCUT2D eigenvalue weighted by Crippen LogP contribution is 2.38. The molecule has 41 heavy (non-hydrogen) atoms. The number of hydrogen-bond acceptors (Lipinski definition) is 6. The van der Waals surface area contributed by atoms with Gasteiger partial charge in [0.1, 0.15) is 18.3 Å². The summed E-state index contributed by atoms with van der Waals surface area (Å²) in [7, 11) is 1.64. The molecule has 3 aromatic carbocycles. The van der Waals surface area contributed by atoms with Gasteiger partial charge in [-0.1, -0.05) is 117 Å². The number of benzene rings is 3. The van der Waals surface area contributed by atoms with Crippen molar-refractivity contribution in [3.63, 3.8) is 0 Å². The summed E-state index contributed by atoms with van der Waals surface area (Å²) in [5.41, 5.74) is 2.38. The first-order chi connectivity index (χ1) is 20.1. The maximum Gasteiger partial charge on any atom is 0.186 e. The summed E-state index contributed by atoms with van der Waals surface area (Å²) in [6.45, 7) is 1.19. The van der Waals surface area contributed by atoms with Gasteiger partial charge in [-0.3, -0.25) is 0 Å². The predicted molar refractivity (Wildman–Crippen MR) is 158 cm³/mol. The van der Waals surface area contributed by atoms with E-state index in [1.54, 1.807) is 7.11 Å². The minimum atomic E-state index is -0.810. The van der Waals surface area contributed by atoms with E-state index < -0.39 is 36.3 Å². The molecule has 1 heterocycles. The van der Waals surface area contributed by atoms with Gasteiger partial charge in [-0.25, -0.2) is 0 Å². The summed E-state index contributed by atoms with van der Waals surface area (Å²) in [4.78, 5) is 0. The van der Waals surface area contributed by atoms with Crippen LogP contribution in [0.15, 0.2) is 91.0 Å². The van der Waals surface area contributed by atoms with Crippen LogP contribution < -0.4 is 0 Å². The summed E-state index contributed by atoms with van der Waals surface area (Å²) < 4.78 is 32.4. The van der Waals surface area contributed by atoms with Gasteiger partial charge in [0.25, 0.3) is 0 Å². The second-order valence-electron chi connectivity index (χ2n) is 11.4. The van der Waals surface area contributed by atoms with Gasteiger partial charge >= 0.3 is 0 Å². The van der Waals surface area contributed by atoms with Crippen molar-refractivity contribution < 1.29 is 28.8 Å². The molecule has 6 nitrogen and oxygen atoms in total. The molecule has 1 N–H and O–H groups in total. The fourth-order valence-corrected chi connectivity index (χ4v) is 6.07. The van der Waals surface area contributed by atoms with Gasteiger partial charge in [-0.05, 0) is 29.5 Å². The molecule has 3 aromatic rings. The summed E-state index contributed by atoms with van der Waals surface area (Å²) in [5.74, 6) is 0. The molecule has 0 radical (unpaired) electrons. The van der Waals surface area contributed by atoms with Crippen LogP contribution in [0, 0.1) is 0 Å². The lowest BCUT2D eigenvalue weighted by Crippen LogP contribution is -2.61. The Bertz CT molecular complexity index is 1130. The smallest absolute Gasteiger partial charge is 0.186 e. The van der Waals surface area contributed by atoms with Gasteiger partial charge in [0, 0.05) is 13.5 Å².